The van der Waals surface area contributed by atoms with E-state index in [1.165, 1.54) is 11.5 Å². The van der Waals surface area contributed by atoms with Crippen molar-refractivity contribution in [3.8, 4) is 0 Å². The molecule has 1 amide bonds. The molecule has 2 fully saturated rings. The van der Waals surface area contributed by atoms with E-state index >= 15 is 0 Å². The second kappa shape index (κ2) is 3.52. The summed E-state index contributed by atoms with van der Waals surface area (Å²) in [4.78, 5) is 11.7. The summed E-state index contributed by atoms with van der Waals surface area (Å²) >= 11 is 2.00. The Bertz CT molecular complexity index is 207. The number of thioether (sulfide) groups is 1. The van der Waals surface area contributed by atoms with E-state index in [1.54, 1.807) is 0 Å². The van der Waals surface area contributed by atoms with E-state index in [1.807, 2.05) is 11.8 Å². The number of carbonyl (C=O) groups is 1. The molecule has 1 aliphatic carbocycles. The van der Waals surface area contributed by atoms with Crippen molar-refractivity contribution in [1.29, 1.82) is 0 Å². The third-order valence-corrected chi connectivity index (χ3v) is 4.15. The lowest BCUT2D eigenvalue weighted by atomic mass is 10.1. The Labute approximate surface area is 83.8 Å². The molecule has 0 spiro atoms. The quantitative estimate of drug-likeness (QED) is 0.734. The van der Waals surface area contributed by atoms with Gasteiger partial charge in [-0.1, -0.05) is 6.92 Å². The van der Waals surface area contributed by atoms with E-state index in [-0.39, 0.29) is 5.41 Å². The van der Waals surface area contributed by atoms with Crippen LogP contribution in [0.25, 0.3) is 0 Å². The van der Waals surface area contributed by atoms with Crippen LogP contribution in [0.1, 0.15) is 32.6 Å². The van der Waals surface area contributed by atoms with Gasteiger partial charge in [0.1, 0.15) is 0 Å². The largest absolute Gasteiger partial charge is 0.353 e. The molecule has 3 heteroatoms. The first-order chi connectivity index (χ1) is 6.21. The molecule has 1 aliphatic heterocycles. The zero-order valence-corrected chi connectivity index (χ0v) is 8.95. The van der Waals surface area contributed by atoms with Crippen molar-refractivity contribution < 1.29 is 4.79 Å². The topological polar surface area (TPSA) is 29.1 Å². The average Bonchev–Trinajstić information content (AvgIpc) is 2.87. The number of hydrogen-bond acceptors (Lipinski definition) is 2. The minimum atomic E-state index is 0.00455. The molecule has 1 saturated heterocycles. The predicted molar refractivity (Wildman–Crippen MR) is 55.8 cm³/mol. The van der Waals surface area contributed by atoms with E-state index < -0.39 is 0 Å². The van der Waals surface area contributed by atoms with Gasteiger partial charge < -0.3 is 5.32 Å². The molecule has 74 valence electrons. The summed E-state index contributed by atoms with van der Waals surface area (Å²) in [6, 6.07) is 0.464. The van der Waals surface area contributed by atoms with Gasteiger partial charge in [0, 0.05) is 11.5 Å². The van der Waals surface area contributed by atoms with Gasteiger partial charge in [-0.25, -0.2) is 0 Å². The van der Waals surface area contributed by atoms with Gasteiger partial charge in [-0.15, -0.1) is 0 Å². The van der Waals surface area contributed by atoms with E-state index in [0.717, 1.165) is 25.7 Å². The summed E-state index contributed by atoms with van der Waals surface area (Å²) in [5.41, 5.74) is 0.00455. The highest BCUT2D eigenvalue weighted by Crippen LogP contribution is 2.45. The molecular weight excluding hydrogens is 182 g/mol. The molecule has 0 aromatic carbocycles. The maximum atomic E-state index is 11.7. The van der Waals surface area contributed by atoms with Crippen LogP contribution in [0.2, 0.25) is 0 Å². The van der Waals surface area contributed by atoms with Gasteiger partial charge in [0.2, 0.25) is 5.91 Å². The average molecular weight is 199 g/mol. The van der Waals surface area contributed by atoms with Gasteiger partial charge in [-0.2, -0.15) is 11.8 Å². The zero-order valence-electron chi connectivity index (χ0n) is 8.14. The second-order valence-corrected chi connectivity index (χ2v) is 5.65. The van der Waals surface area contributed by atoms with Crippen molar-refractivity contribution in [1.82, 2.24) is 5.32 Å². The SMILES string of the molecule is CC1(C(=O)NC2CCSCC2)CC1. The predicted octanol–water partition coefficient (Wildman–Crippen LogP) is 1.80. The Morgan fingerprint density at radius 1 is 1.38 bits per heavy atom. The summed E-state index contributed by atoms with van der Waals surface area (Å²) in [5.74, 6) is 2.72. The van der Waals surface area contributed by atoms with E-state index in [2.05, 4.69) is 12.2 Å². The molecule has 0 aromatic heterocycles. The number of nitrogens with one attached hydrogen (secondary N) is 1. The van der Waals surface area contributed by atoms with Crippen molar-refractivity contribution in [2.24, 2.45) is 5.41 Å². The van der Waals surface area contributed by atoms with Crippen molar-refractivity contribution in [2.75, 3.05) is 11.5 Å². The summed E-state index contributed by atoms with van der Waals surface area (Å²) < 4.78 is 0. The van der Waals surface area contributed by atoms with Crippen LogP contribution >= 0.6 is 11.8 Å². The number of amides is 1. The Morgan fingerprint density at radius 3 is 2.54 bits per heavy atom. The highest BCUT2D eigenvalue weighted by Gasteiger charge is 2.45. The fourth-order valence-electron chi connectivity index (χ4n) is 1.62. The van der Waals surface area contributed by atoms with E-state index in [9.17, 15) is 4.79 Å². The first kappa shape index (κ1) is 9.38. The van der Waals surface area contributed by atoms with Crippen molar-refractivity contribution in [2.45, 2.75) is 38.6 Å². The Balaban J connectivity index is 1.79. The first-order valence-electron chi connectivity index (χ1n) is 5.09. The molecule has 0 atom stereocenters. The molecular formula is C10H17NOS. The van der Waals surface area contributed by atoms with Gasteiger partial charge in [-0.3, -0.25) is 4.79 Å². The Kier molecular flexibility index (Phi) is 2.54. The first-order valence-corrected chi connectivity index (χ1v) is 6.25. The Morgan fingerprint density at radius 2 is 2.00 bits per heavy atom. The van der Waals surface area contributed by atoms with Crippen LogP contribution in [0.5, 0.6) is 0 Å². The maximum absolute atomic E-state index is 11.7. The van der Waals surface area contributed by atoms with Gasteiger partial charge in [0.15, 0.2) is 0 Å². The second-order valence-electron chi connectivity index (χ2n) is 4.42. The normalized spacial score (nSPS) is 26.8. The lowest BCUT2D eigenvalue weighted by Crippen LogP contribution is -2.40. The summed E-state index contributed by atoms with van der Waals surface area (Å²) in [7, 11) is 0. The molecule has 2 aliphatic rings. The van der Waals surface area contributed by atoms with Crippen LogP contribution in [0.15, 0.2) is 0 Å². The smallest absolute Gasteiger partial charge is 0.226 e. The van der Waals surface area contributed by atoms with Crippen LogP contribution in [-0.2, 0) is 4.79 Å². The molecule has 2 rings (SSSR count). The fraction of sp³-hybridized carbons (Fsp3) is 0.900. The van der Waals surface area contributed by atoms with Gasteiger partial charge >= 0.3 is 0 Å². The fourth-order valence-corrected chi connectivity index (χ4v) is 2.72. The number of hydrogen-bond donors (Lipinski definition) is 1. The maximum Gasteiger partial charge on any atom is 0.226 e. The van der Waals surface area contributed by atoms with Gasteiger partial charge in [0.25, 0.3) is 0 Å². The van der Waals surface area contributed by atoms with Crippen molar-refractivity contribution in [3.63, 3.8) is 0 Å². The van der Waals surface area contributed by atoms with Crippen LogP contribution in [0, 0.1) is 5.41 Å². The molecule has 1 heterocycles. The highest BCUT2D eigenvalue weighted by atomic mass is 32.2. The molecule has 0 radical (unpaired) electrons. The molecule has 1 N–H and O–H groups in total. The molecule has 0 bridgehead atoms. The van der Waals surface area contributed by atoms with Gasteiger partial charge in [-0.05, 0) is 37.2 Å². The Hall–Kier alpha value is -0.180. The van der Waals surface area contributed by atoms with Crippen molar-refractivity contribution in [3.05, 3.63) is 0 Å². The van der Waals surface area contributed by atoms with Crippen LogP contribution in [0.3, 0.4) is 0 Å². The minimum absolute atomic E-state index is 0.00455. The zero-order chi connectivity index (χ0) is 9.31. The summed E-state index contributed by atoms with van der Waals surface area (Å²) in [5, 5.41) is 3.17. The number of carbonyl (C=O) groups excluding carboxylic acids is 1. The van der Waals surface area contributed by atoms with Crippen LogP contribution < -0.4 is 5.32 Å². The monoisotopic (exact) mass is 199 g/mol. The third-order valence-electron chi connectivity index (χ3n) is 3.10. The van der Waals surface area contributed by atoms with Crippen LogP contribution in [0.4, 0.5) is 0 Å². The van der Waals surface area contributed by atoms with Gasteiger partial charge in [0.05, 0.1) is 0 Å². The standard InChI is InChI=1S/C10H17NOS/c1-10(4-5-10)9(12)11-8-2-6-13-7-3-8/h8H,2-7H2,1H3,(H,11,12). The molecule has 0 unspecified atom stereocenters. The molecule has 13 heavy (non-hydrogen) atoms. The lowest BCUT2D eigenvalue weighted by Gasteiger charge is -2.24. The molecule has 0 aromatic rings. The van der Waals surface area contributed by atoms with Crippen LogP contribution in [-0.4, -0.2) is 23.5 Å². The summed E-state index contributed by atoms with van der Waals surface area (Å²) in [6.45, 7) is 2.07. The van der Waals surface area contributed by atoms with Crippen molar-refractivity contribution >= 4 is 17.7 Å². The highest BCUT2D eigenvalue weighted by molar-refractivity contribution is 7.99. The summed E-state index contributed by atoms with van der Waals surface area (Å²) in [6.07, 6.45) is 4.49. The third kappa shape index (κ3) is 2.19. The molecule has 2 nitrogen and oxygen atoms in total. The van der Waals surface area contributed by atoms with E-state index in [4.69, 9.17) is 0 Å². The minimum Gasteiger partial charge on any atom is -0.353 e. The lowest BCUT2D eigenvalue weighted by molar-refractivity contribution is -0.126. The number of rotatable bonds is 2. The van der Waals surface area contributed by atoms with E-state index in [0.29, 0.717) is 11.9 Å². The molecule has 1 saturated carbocycles.